The first-order valence-electron chi connectivity index (χ1n) is 7.09. The molecule has 1 rings (SSSR count). The highest BCUT2D eigenvalue weighted by atomic mass is 15.1. The van der Waals surface area contributed by atoms with Gasteiger partial charge in [-0.15, -0.1) is 0 Å². The summed E-state index contributed by atoms with van der Waals surface area (Å²) >= 11 is 0. The second-order valence-electron chi connectivity index (χ2n) is 5.51. The van der Waals surface area contributed by atoms with Crippen LogP contribution in [-0.4, -0.2) is 31.6 Å². The molecular formula is C16H28N2. The van der Waals surface area contributed by atoms with Crippen LogP contribution in [0, 0.1) is 5.92 Å². The molecule has 0 atom stereocenters. The number of nitrogens with one attached hydrogen (secondary N) is 1. The lowest BCUT2D eigenvalue weighted by Crippen LogP contribution is -2.30. The highest BCUT2D eigenvalue weighted by molar-refractivity contribution is 5.22. The Bertz CT molecular complexity index is 316. The van der Waals surface area contributed by atoms with Crippen LogP contribution in [0.25, 0.3) is 0 Å². The van der Waals surface area contributed by atoms with Gasteiger partial charge in [-0.1, -0.05) is 45.0 Å². The maximum atomic E-state index is 3.48. The summed E-state index contributed by atoms with van der Waals surface area (Å²) in [7, 11) is 2.19. The van der Waals surface area contributed by atoms with Crippen LogP contribution in [0.2, 0.25) is 0 Å². The van der Waals surface area contributed by atoms with Crippen molar-refractivity contribution in [2.45, 2.75) is 33.7 Å². The molecular weight excluding hydrogens is 220 g/mol. The molecule has 0 bridgehead atoms. The van der Waals surface area contributed by atoms with Gasteiger partial charge in [0.15, 0.2) is 0 Å². The number of nitrogens with zero attached hydrogens (tertiary/aromatic N) is 1. The van der Waals surface area contributed by atoms with Crippen molar-refractivity contribution in [3.8, 4) is 0 Å². The van der Waals surface area contributed by atoms with Crippen molar-refractivity contribution < 1.29 is 0 Å². The van der Waals surface area contributed by atoms with Gasteiger partial charge in [-0.25, -0.2) is 0 Å². The van der Waals surface area contributed by atoms with Gasteiger partial charge in [-0.3, -0.25) is 0 Å². The predicted molar refractivity (Wildman–Crippen MR) is 79.9 cm³/mol. The van der Waals surface area contributed by atoms with Crippen LogP contribution in [0.5, 0.6) is 0 Å². The Hall–Kier alpha value is -0.860. The van der Waals surface area contributed by atoms with Crippen LogP contribution in [0.3, 0.4) is 0 Å². The predicted octanol–water partition coefficient (Wildman–Crippen LogP) is 2.93. The second-order valence-corrected chi connectivity index (χ2v) is 5.51. The number of benzene rings is 1. The molecule has 0 aromatic heterocycles. The minimum absolute atomic E-state index is 0.733. The van der Waals surface area contributed by atoms with Crippen LogP contribution in [-0.2, 0) is 13.0 Å². The molecule has 0 aliphatic heterocycles. The Balaban J connectivity index is 2.24. The molecule has 102 valence electrons. The molecule has 0 radical (unpaired) electrons. The summed E-state index contributed by atoms with van der Waals surface area (Å²) in [5.74, 6) is 0.733. The smallest absolute Gasteiger partial charge is 0.0231 e. The quantitative estimate of drug-likeness (QED) is 0.712. The summed E-state index contributed by atoms with van der Waals surface area (Å²) in [5.41, 5.74) is 2.82. The van der Waals surface area contributed by atoms with E-state index in [1.165, 1.54) is 11.1 Å². The zero-order valence-corrected chi connectivity index (χ0v) is 12.4. The Labute approximate surface area is 112 Å². The van der Waals surface area contributed by atoms with Gasteiger partial charge >= 0.3 is 0 Å². The molecule has 1 N–H and O–H groups in total. The van der Waals surface area contributed by atoms with E-state index >= 15 is 0 Å². The van der Waals surface area contributed by atoms with Gasteiger partial charge in [0, 0.05) is 19.6 Å². The standard InChI is InChI=1S/C16H28N2/c1-5-15-6-8-16(9-7-15)13-18(4)11-10-17-12-14(2)3/h6-9,14,17H,5,10-13H2,1-4H3. The van der Waals surface area contributed by atoms with Gasteiger partial charge in [0.25, 0.3) is 0 Å². The lowest BCUT2D eigenvalue weighted by molar-refractivity contribution is 0.321. The first kappa shape index (κ1) is 15.2. The van der Waals surface area contributed by atoms with Crippen molar-refractivity contribution in [1.82, 2.24) is 10.2 Å². The molecule has 0 fully saturated rings. The molecule has 2 nitrogen and oxygen atoms in total. The fraction of sp³-hybridized carbons (Fsp3) is 0.625. The topological polar surface area (TPSA) is 15.3 Å². The van der Waals surface area contributed by atoms with Crippen LogP contribution in [0.15, 0.2) is 24.3 Å². The Morgan fingerprint density at radius 1 is 1.11 bits per heavy atom. The highest BCUT2D eigenvalue weighted by Crippen LogP contribution is 2.06. The molecule has 2 heteroatoms. The van der Waals surface area contributed by atoms with Crippen molar-refractivity contribution in [2.24, 2.45) is 5.92 Å². The lowest BCUT2D eigenvalue weighted by Gasteiger charge is -2.17. The van der Waals surface area contributed by atoms with E-state index in [0.29, 0.717) is 0 Å². The van der Waals surface area contributed by atoms with Crippen LogP contribution >= 0.6 is 0 Å². The second kappa shape index (κ2) is 8.28. The molecule has 18 heavy (non-hydrogen) atoms. The first-order chi connectivity index (χ1) is 8.61. The number of hydrogen-bond acceptors (Lipinski definition) is 2. The van der Waals surface area contributed by atoms with Gasteiger partial charge in [0.05, 0.1) is 0 Å². The number of rotatable bonds is 8. The maximum Gasteiger partial charge on any atom is 0.0231 e. The minimum atomic E-state index is 0.733. The zero-order chi connectivity index (χ0) is 13.4. The molecule has 1 aromatic rings. The van der Waals surface area contributed by atoms with Crippen molar-refractivity contribution in [1.29, 1.82) is 0 Å². The zero-order valence-electron chi connectivity index (χ0n) is 12.4. The highest BCUT2D eigenvalue weighted by Gasteiger charge is 2.00. The van der Waals surface area contributed by atoms with Crippen molar-refractivity contribution in [3.63, 3.8) is 0 Å². The average Bonchev–Trinajstić information content (AvgIpc) is 2.35. The van der Waals surface area contributed by atoms with Gasteiger partial charge in [0.1, 0.15) is 0 Å². The Morgan fingerprint density at radius 2 is 1.72 bits per heavy atom. The van der Waals surface area contributed by atoms with E-state index in [1.807, 2.05) is 0 Å². The third-order valence-corrected chi connectivity index (χ3v) is 3.11. The lowest BCUT2D eigenvalue weighted by atomic mass is 10.1. The molecule has 1 aromatic carbocycles. The summed E-state index contributed by atoms with van der Waals surface area (Å²) in [6.45, 7) is 11.0. The summed E-state index contributed by atoms with van der Waals surface area (Å²) in [6, 6.07) is 8.97. The third kappa shape index (κ3) is 6.18. The summed E-state index contributed by atoms with van der Waals surface area (Å²) in [5, 5.41) is 3.48. The molecule has 0 unspecified atom stereocenters. The number of hydrogen-bond donors (Lipinski definition) is 1. The van der Waals surface area contributed by atoms with Crippen LogP contribution < -0.4 is 5.32 Å². The van der Waals surface area contributed by atoms with E-state index in [0.717, 1.165) is 38.5 Å². The SMILES string of the molecule is CCc1ccc(CN(C)CCNCC(C)C)cc1. The Kier molecular flexibility index (Phi) is 6.99. The van der Waals surface area contributed by atoms with Crippen LogP contribution in [0.4, 0.5) is 0 Å². The van der Waals surface area contributed by atoms with E-state index in [2.05, 4.69) is 62.3 Å². The van der Waals surface area contributed by atoms with Gasteiger partial charge in [0.2, 0.25) is 0 Å². The van der Waals surface area contributed by atoms with Crippen LogP contribution in [0.1, 0.15) is 31.9 Å². The maximum absolute atomic E-state index is 3.48. The van der Waals surface area contributed by atoms with E-state index in [9.17, 15) is 0 Å². The Morgan fingerprint density at radius 3 is 2.28 bits per heavy atom. The summed E-state index contributed by atoms with van der Waals surface area (Å²) in [6.07, 6.45) is 1.12. The third-order valence-electron chi connectivity index (χ3n) is 3.11. The molecule has 0 amide bonds. The molecule has 0 spiro atoms. The minimum Gasteiger partial charge on any atom is -0.315 e. The summed E-state index contributed by atoms with van der Waals surface area (Å²) < 4.78 is 0. The van der Waals surface area contributed by atoms with E-state index in [-0.39, 0.29) is 0 Å². The monoisotopic (exact) mass is 248 g/mol. The van der Waals surface area contributed by atoms with E-state index in [1.54, 1.807) is 0 Å². The van der Waals surface area contributed by atoms with E-state index < -0.39 is 0 Å². The number of likely N-dealkylation sites (N-methyl/N-ethyl adjacent to an activating group) is 1. The molecule has 0 aliphatic carbocycles. The van der Waals surface area contributed by atoms with Gasteiger partial charge in [-0.2, -0.15) is 0 Å². The average molecular weight is 248 g/mol. The first-order valence-corrected chi connectivity index (χ1v) is 7.09. The fourth-order valence-corrected chi connectivity index (χ4v) is 1.93. The van der Waals surface area contributed by atoms with Gasteiger partial charge in [-0.05, 0) is 37.1 Å². The van der Waals surface area contributed by atoms with Gasteiger partial charge < -0.3 is 10.2 Å². The largest absolute Gasteiger partial charge is 0.315 e. The van der Waals surface area contributed by atoms with Crippen molar-refractivity contribution >= 4 is 0 Å². The number of aryl methyl sites for hydroxylation is 1. The van der Waals surface area contributed by atoms with E-state index in [4.69, 9.17) is 0 Å². The summed E-state index contributed by atoms with van der Waals surface area (Å²) in [4.78, 5) is 2.37. The molecule has 0 heterocycles. The molecule has 0 aliphatic rings. The van der Waals surface area contributed by atoms with Crippen molar-refractivity contribution in [2.75, 3.05) is 26.7 Å². The van der Waals surface area contributed by atoms with Crippen molar-refractivity contribution in [3.05, 3.63) is 35.4 Å². The molecule has 0 saturated heterocycles. The molecule has 0 saturated carbocycles. The normalized spacial score (nSPS) is 11.4. The fourth-order valence-electron chi connectivity index (χ4n) is 1.93.